The van der Waals surface area contributed by atoms with Crippen molar-refractivity contribution in [2.24, 2.45) is 0 Å². The zero-order chi connectivity index (χ0) is 17.6. The topological polar surface area (TPSA) is 49.3 Å². The molecule has 5 heteroatoms. The maximum atomic E-state index is 12.8. The standard InChI is InChI=1S/C20H26N4O/c1-3-16-10-8-9-15-24(16)20(25)18-13-14-19(22-21-18)23(4-2)17-11-6-5-7-12-17/h5-7,11-14,16H,3-4,8-10,15H2,1-2H3. The third kappa shape index (κ3) is 3.81. The van der Waals surface area contributed by atoms with Gasteiger partial charge in [-0.25, -0.2) is 0 Å². The molecule has 2 aromatic rings. The molecule has 0 N–H and O–H groups in total. The Balaban J connectivity index is 1.78. The number of amides is 1. The van der Waals surface area contributed by atoms with E-state index in [0.29, 0.717) is 11.7 Å². The van der Waals surface area contributed by atoms with E-state index in [9.17, 15) is 4.79 Å². The van der Waals surface area contributed by atoms with Crippen LogP contribution in [-0.2, 0) is 0 Å². The van der Waals surface area contributed by atoms with Gasteiger partial charge in [0.05, 0.1) is 0 Å². The smallest absolute Gasteiger partial charge is 0.274 e. The summed E-state index contributed by atoms with van der Waals surface area (Å²) in [7, 11) is 0. The second kappa shape index (κ2) is 8.10. The summed E-state index contributed by atoms with van der Waals surface area (Å²) in [5.41, 5.74) is 1.51. The first kappa shape index (κ1) is 17.4. The number of hydrogen-bond donors (Lipinski definition) is 0. The van der Waals surface area contributed by atoms with Crippen molar-refractivity contribution >= 4 is 17.4 Å². The molecular weight excluding hydrogens is 312 g/mol. The van der Waals surface area contributed by atoms with E-state index in [1.165, 1.54) is 6.42 Å². The van der Waals surface area contributed by atoms with Gasteiger partial charge < -0.3 is 9.80 Å². The van der Waals surface area contributed by atoms with E-state index in [1.807, 2.05) is 41.3 Å². The average molecular weight is 338 g/mol. The van der Waals surface area contributed by atoms with Crippen LogP contribution in [0.4, 0.5) is 11.5 Å². The molecule has 0 radical (unpaired) electrons. The number of rotatable bonds is 5. The Hall–Kier alpha value is -2.43. The van der Waals surface area contributed by atoms with E-state index >= 15 is 0 Å². The molecule has 25 heavy (non-hydrogen) atoms. The third-order valence-corrected chi connectivity index (χ3v) is 4.89. The molecule has 1 aromatic heterocycles. The first-order chi connectivity index (χ1) is 12.2. The van der Waals surface area contributed by atoms with Crippen molar-refractivity contribution in [3.05, 3.63) is 48.2 Å². The second-order valence-electron chi connectivity index (χ2n) is 6.41. The van der Waals surface area contributed by atoms with Crippen LogP contribution < -0.4 is 4.90 Å². The van der Waals surface area contributed by atoms with Gasteiger partial charge in [-0.3, -0.25) is 4.79 Å². The number of benzene rings is 1. The van der Waals surface area contributed by atoms with Gasteiger partial charge in [-0.1, -0.05) is 25.1 Å². The molecule has 1 aromatic carbocycles. The van der Waals surface area contributed by atoms with Gasteiger partial charge >= 0.3 is 0 Å². The molecule has 1 atom stereocenters. The van der Waals surface area contributed by atoms with Crippen molar-refractivity contribution in [3.63, 3.8) is 0 Å². The lowest BCUT2D eigenvalue weighted by atomic mass is 9.99. The lowest BCUT2D eigenvalue weighted by Crippen LogP contribution is -2.43. The molecule has 1 amide bonds. The molecule has 3 rings (SSSR count). The lowest BCUT2D eigenvalue weighted by Gasteiger charge is -2.35. The fourth-order valence-corrected chi connectivity index (χ4v) is 3.51. The summed E-state index contributed by atoms with van der Waals surface area (Å²) in [6, 6.07) is 14.1. The summed E-state index contributed by atoms with van der Waals surface area (Å²) in [6.07, 6.45) is 4.36. The number of hydrogen-bond acceptors (Lipinski definition) is 4. The van der Waals surface area contributed by atoms with E-state index in [4.69, 9.17) is 0 Å². The summed E-state index contributed by atoms with van der Waals surface area (Å²) in [5.74, 6) is 0.768. The van der Waals surface area contributed by atoms with Gasteiger partial charge in [-0.2, -0.15) is 0 Å². The minimum absolute atomic E-state index is 0.00774. The van der Waals surface area contributed by atoms with Crippen LogP contribution in [0.2, 0.25) is 0 Å². The molecule has 1 fully saturated rings. The van der Waals surface area contributed by atoms with Crippen molar-refractivity contribution in [3.8, 4) is 0 Å². The summed E-state index contributed by atoms with van der Waals surface area (Å²) < 4.78 is 0. The van der Waals surface area contributed by atoms with Crippen molar-refractivity contribution in [2.45, 2.75) is 45.6 Å². The highest BCUT2D eigenvalue weighted by Gasteiger charge is 2.27. The molecule has 1 aliphatic heterocycles. The normalized spacial score (nSPS) is 17.4. The molecule has 0 aliphatic carbocycles. The van der Waals surface area contributed by atoms with Gasteiger partial charge in [-0.05, 0) is 56.9 Å². The highest BCUT2D eigenvalue weighted by atomic mass is 16.2. The quantitative estimate of drug-likeness (QED) is 0.825. The molecular formula is C20H26N4O. The van der Waals surface area contributed by atoms with E-state index in [2.05, 4.69) is 28.9 Å². The molecule has 132 valence electrons. The van der Waals surface area contributed by atoms with Crippen LogP contribution in [0.3, 0.4) is 0 Å². The lowest BCUT2D eigenvalue weighted by molar-refractivity contribution is 0.0601. The predicted molar refractivity (Wildman–Crippen MR) is 100 cm³/mol. The Morgan fingerprint density at radius 2 is 1.92 bits per heavy atom. The van der Waals surface area contributed by atoms with Crippen molar-refractivity contribution in [2.75, 3.05) is 18.0 Å². The Morgan fingerprint density at radius 3 is 2.56 bits per heavy atom. The summed E-state index contributed by atoms with van der Waals surface area (Å²) in [5, 5.41) is 8.56. The Bertz CT molecular complexity index is 687. The maximum absolute atomic E-state index is 12.8. The molecule has 0 saturated carbocycles. The van der Waals surface area contributed by atoms with Crippen molar-refractivity contribution < 1.29 is 4.79 Å². The van der Waals surface area contributed by atoms with Crippen LogP contribution in [0.5, 0.6) is 0 Å². The van der Waals surface area contributed by atoms with Crippen LogP contribution >= 0.6 is 0 Å². The monoisotopic (exact) mass is 338 g/mol. The first-order valence-corrected chi connectivity index (χ1v) is 9.21. The summed E-state index contributed by atoms with van der Waals surface area (Å²) in [4.78, 5) is 16.9. The first-order valence-electron chi connectivity index (χ1n) is 9.21. The van der Waals surface area contributed by atoms with Crippen molar-refractivity contribution in [1.29, 1.82) is 0 Å². The fourth-order valence-electron chi connectivity index (χ4n) is 3.51. The average Bonchev–Trinajstić information content (AvgIpc) is 2.69. The second-order valence-corrected chi connectivity index (χ2v) is 6.41. The van der Waals surface area contributed by atoms with Gasteiger partial charge in [0.25, 0.3) is 5.91 Å². The zero-order valence-electron chi connectivity index (χ0n) is 15.1. The van der Waals surface area contributed by atoms with Gasteiger partial charge in [0.1, 0.15) is 0 Å². The minimum atomic E-state index is 0.00774. The molecule has 1 saturated heterocycles. The van der Waals surface area contributed by atoms with Gasteiger partial charge in [0, 0.05) is 24.8 Å². The SMILES string of the molecule is CCC1CCCCN1C(=O)c1ccc(N(CC)c2ccccc2)nn1. The predicted octanol–water partition coefficient (Wildman–Crippen LogP) is 4.04. The van der Waals surface area contributed by atoms with Gasteiger partial charge in [0.2, 0.25) is 0 Å². The van der Waals surface area contributed by atoms with Crippen LogP contribution in [0.1, 0.15) is 50.0 Å². The van der Waals surface area contributed by atoms with E-state index in [-0.39, 0.29) is 5.91 Å². The molecule has 1 aliphatic rings. The Kier molecular flexibility index (Phi) is 5.64. The molecule has 5 nitrogen and oxygen atoms in total. The van der Waals surface area contributed by atoms with Crippen LogP contribution in [0.25, 0.3) is 0 Å². The summed E-state index contributed by atoms with van der Waals surface area (Å²) in [6.45, 7) is 5.83. The number of anilines is 2. The third-order valence-electron chi connectivity index (χ3n) is 4.89. The number of carbonyl (C=O) groups excluding carboxylic acids is 1. The Morgan fingerprint density at radius 1 is 1.12 bits per heavy atom. The Labute approximate surface area is 149 Å². The fraction of sp³-hybridized carbons (Fsp3) is 0.450. The van der Waals surface area contributed by atoms with Crippen molar-refractivity contribution in [1.82, 2.24) is 15.1 Å². The molecule has 0 spiro atoms. The molecule has 2 heterocycles. The largest absolute Gasteiger partial charge is 0.334 e. The molecule has 0 bridgehead atoms. The van der Waals surface area contributed by atoms with Crippen LogP contribution in [0, 0.1) is 0 Å². The van der Waals surface area contributed by atoms with E-state index < -0.39 is 0 Å². The maximum Gasteiger partial charge on any atom is 0.274 e. The number of aromatic nitrogens is 2. The van der Waals surface area contributed by atoms with Gasteiger partial charge in [-0.15, -0.1) is 10.2 Å². The number of likely N-dealkylation sites (tertiary alicyclic amines) is 1. The summed E-state index contributed by atoms with van der Waals surface area (Å²) >= 11 is 0. The van der Waals surface area contributed by atoms with Crippen LogP contribution in [0.15, 0.2) is 42.5 Å². The van der Waals surface area contributed by atoms with Crippen LogP contribution in [-0.4, -0.2) is 40.1 Å². The highest BCUT2D eigenvalue weighted by molar-refractivity contribution is 5.92. The number of nitrogens with zero attached hydrogens (tertiary/aromatic N) is 4. The number of carbonyl (C=O) groups is 1. The van der Waals surface area contributed by atoms with E-state index in [1.54, 1.807) is 6.07 Å². The van der Waals surface area contributed by atoms with E-state index in [0.717, 1.165) is 43.9 Å². The number of piperidine rings is 1. The van der Waals surface area contributed by atoms with Gasteiger partial charge in [0.15, 0.2) is 11.5 Å². The minimum Gasteiger partial charge on any atom is -0.334 e. The zero-order valence-corrected chi connectivity index (χ0v) is 15.1. The number of para-hydroxylation sites is 1. The highest BCUT2D eigenvalue weighted by Crippen LogP contribution is 2.24. The molecule has 1 unspecified atom stereocenters.